The van der Waals surface area contributed by atoms with Crippen LogP contribution in [-0.2, 0) is 4.79 Å². The number of anilines is 3. The molecule has 0 unspecified atom stereocenters. The fraction of sp³-hybridized carbons (Fsp3) is 0.481. The number of carbonyl (C=O) groups is 1. The second kappa shape index (κ2) is 9.01. The van der Waals surface area contributed by atoms with E-state index in [0.29, 0.717) is 23.2 Å². The minimum Gasteiger partial charge on any atom is -0.406 e. The van der Waals surface area contributed by atoms with E-state index in [-0.39, 0.29) is 29.0 Å². The number of benzene rings is 2. The number of carbonyl (C=O) groups excluding carboxylic acids is 1. The first-order valence-electron chi connectivity index (χ1n) is 12.4. The number of nitrogens with zero attached hydrogens (tertiary/aromatic N) is 2. The quantitative estimate of drug-likeness (QED) is 0.370. The van der Waals surface area contributed by atoms with Gasteiger partial charge in [0, 0.05) is 23.3 Å². The summed E-state index contributed by atoms with van der Waals surface area (Å²) in [5.74, 6) is 1.03. The van der Waals surface area contributed by atoms with Gasteiger partial charge in [0.2, 0.25) is 11.9 Å². The summed E-state index contributed by atoms with van der Waals surface area (Å²) >= 11 is 0. The van der Waals surface area contributed by atoms with E-state index in [1.165, 1.54) is 12.1 Å². The van der Waals surface area contributed by atoms with Gasteiger partial charge in [-0.1, -0.05) is 20.8 Å². The number of aromatic nitrogens is 2. The SMILES string of the molecule is C[C@H]1C[C@@H](n2c(Nc3ccc(OC(F)(F)F)cc3)nc3cc(NC(=O)C4CC4)ccc32)CC(C)(C)C1. The van der Waals surface area contributed by atoms with Crippen LogP contribution in [0.15, 0.2) is 42.5 Å². The molecule has 2 aliphatic carbocycles. The first kappa shape index (κ1) is 24.5. The Balaban J connectivity index is 1.49. The standard InChI is InChI=1S/C27H31F3N4O2/c1-16-12-20(15-26(2,3)14-16)34-23-11-8-19(31-24(35)17-4-5-17)13-22(23)33-25(34)32-18-6-9-21(10-7-18)36-27(28,29)30/h6-11,13,16-17,20H,4-5,12,14-15H2,1-3H3,(H,31,35)(H,32,33)/t16-,20+/m0/s1. The number of rotatable bonds is 6. The van der Waals surface area contributed by atoms with Crippen molar-refractivity contribution in [3.8, 4) is 5.75 Å². The number of halogens is 3. The number of imidazole rings is 1. The molecule has 1 heterocycles. The van der Waals surface area contributed by atoms with E-state index >= 15 is 0 Å². The molecular formula is C27H31F3N4O2. The van der Waals surface area contributed by atoms with Gasteiger partial charge in [-0.2, -0.15) is 0 Å². The molecule has 0 saturated heterocycles. The Morgan fingerprint density at radius 3 is 2.42 bits per heavy atom. The minimum absolute atomic E-state index is 0.0381. The number of fused-ring (bicyclic) bond motifs is 1. The van der Waals surface area contributed by atoms with E-state index in [1.807, 2.05) is 18.2 Å². The third-order valence-corrected chi connectivity index (χ3v) is 6.98. The number of hydrogen-bond acceptors (Lipinski definition) is 4. The maximum atomic E-state index is 12.5. The molecule has 0 radical (unpaired) electrons. The summed E-state index contributed by atoms with van der Waals surface area (Å²) in [5.41, 5.74) is 3.19. The molecule has 3 aromatic rings. The van der Waals surface area contributed by atoms with Crippen molar-refractivity contribution in [2.24, 2.45) is 17.3 Å². The Hall–Kier alpha value is -3.23. The average Bonchev–Trinajstić information content (AvgIpc) is 3.54. The molecule has 2 N–H and O–H groups in total. The van der Waals surface area contributed by atoms with Crippen molar-refractivity contribution in [1.82, 2.24) is 9.55 Å². The lowest BCUT2D eigenvalue weighted by Gasteiger charge is -2.40. The van der Waals surface area contributed by atoms with Gasteiger partial charge in [-0.15, -0.1) is 13.2 Å². The van der Waals surface area contributed by atoms with Crippen LogP contribution >= 0.6 is 0 Å². The highest BCUT2D eigenvalue weighted by Gasteiger charge is 2.35. The molecule has 9 heteroatoms. The fourth-order valence-electron chi connectivity index (χ4n) is 5.59. The Morgan fingerprint density at radius 2 is 1.78 bits per heavy atom. The van der Waals surface area contributed by atoms with Crippen molar-refractivity contribution in [1.29, 1.82) is 0 Å². The van der Waals surface area contributed by atoms with Crippen LogP contribution in [0.3, 0.4) is 0 Å². The second-order valence-electron chi connectivity index (χ2n) is 11.0. The van der Waals surface area contributed by atoms with Gasteiger partial charge in [-0.05, 0) is 85.9 Å². The normalized spacial score (nSPS) is 21.8. The smallest absolute Gasteiger partial charge is 0.406 e. The molecule has 2 aliphatic rings. The maximum Gasteiger partial charge on any atom is 0.573 e. The van der Waals surface area contributed by atoms with Gasteiger partial charge in [0.05, 0.1) is 11.0 Å². The zero-order valence-corrected chi connectivity index (χ0v) is 20.7. The lowest BCUT2D eigenvalue weighted by atomic mass is 9.70. The largest absolute Gasteiger partial charge is 0.573 e. The molecule has 2 saturated carbocycles. The zero-order chi connectivity index (χ0) is 25.7. The number of hydrogen-bond donors (Lipinski definition) is 2. The highest BCUT2D eigenvalue weighted by molar-refractivity contribution is 5.96. The number of nitrogens with one attached hydrogen (secondary N) is 2. The summed E-state index contributed by atoms with van der Waals surface area (Å²) in [6, 6.07) is 11.6. The molecule has 2 aromatic carbocycles. The predicted octanol–water partition coefficient (Wildman–Crippen LogP) is 7.41. The van der Waals surface area contributed by atoms with Crippen LogP contribution in [0.5, 0.6) is 5.75 Å². The molecule has 0 spiro atoms. The molecule has 1 aromatic heterocycles. The van der Waals surface area contributed by atoms with Crippen molar-refractivity contribution in [3.63, 3.8) is 0 Å². The van der Waals surface area contributed by atoms with Crippen LogP contribution in [0.1, 0.15) is 58.9 Å². The monoisotopic (exact) mass is 500 g/mol. The molecule has 192 valence electrons. The molecule has 5 rings (SSSR count). The van der Waals surface area contributed by atoms with Crippen LogP contribution in [0.25, 0.3) is 11.0 Å². The summed E-state index contributed by atoms with van der Waals surface area (Å²) < 4.78 is 43.8. The summed E-state index contributed by atoms with van der Waals surface area (Å²) in [4.78, 5) is 17.1. The van der Waals surface area contributed by atoms with E-state index in [9.17, 15) is 18.0 Å². The van der Waals surface area contributed by atoms with E-state index in [2.05, 4.69) is 40.7 Å². The molecule has 1 amide bonds. The van der Waals surface area contributed by atoms with Crippen molar-refractivity contribution < 1.29 is 22.7 Å². The first-order chi connectivity index (χ1) is 17.0. The molecule has 2 fully saturated rings. The van der Waals surface area contributed by atoms with Crippen molar-refractivity contribution >= 4 is 34.3 Å². The highest BCUT2D eigenvalue weighted by Crippen LogP contribution is 2.46. The Morgan fingerprint density at radius 1 is 1.08 bits per heavy atom. The highest BCUT2D eigenvalue weighted by atomic mass is 19.4. The minimum atomic E-state index is -4.74. The second-order valence-corrected chi connectivity index (χ2v) is 11.0. The van der Waals surface area contributed by atoms with Crippen molar-refractivity contribution in [2.75, 3.05) is 10.6 Å². The van der Waals surface area contributed by atoms with Crippen LogP contribution in [0.4, 0.5) is 30.5 Å². The van der Waals surface area contributed by atoms with Crippen LogP contribution in [0, 0.1) is 17.3 Å². The average molecular weight is 501 g/mol. The van der Waals surface area contributed by atoms with Gasteiger partial charge in [-0.25, -0.2) is 4.98 Å². The van der Waals surface area contributed by atoms with Gasteiger partial charge in [-0.3, -0.25) is 4.79 Å². The molecule has 36 heavy (non-hydrogen) atoms. The third-order valence-electron chi connectivity index (χ3n) is 6.98. The number of amides is 1. The number of ether oxygens (including phenoxy) is 1. The molecule has 2 atom stereocenters. The van der Waals surface area contributed by atoms with E-state index in [0.717, 1.165) is 43.1 Å². The van der Waals surface area contributed by atoms with Crippen LogP contribution < -0.4 is 15.4 Å². The first-order valence-corrected chi connectivity index (χ1v) is 12.4. The third kappa shape index (κ3) is 5.60. The lowest BCUT2D eigenvalue weighted by Crippen LogP contribution is -2.29. The van der Waals surface area contributed by atoms with Gasteiger partial charge in [0.1, 0.15) is 5.75 Å². The molecule has 0 bridgehead atoms. The van der Waals surface area contributed by atoms with Crippen LogP contribution in [-0.4, -0.2) is 21.8 Å². The van der Waals surface area contributed by atoms with Crippen molar-refractivity contribution in [3.05, 3.63) is 42.5 Å². The summed E-state index contributed by atoms with van der Waals surface area (Å²) in [6.45, 7) is 6.84. The number of alkyl halides is 3. The van der Waals surface area contributed by atoms with Gasteiger partial charge < -0.3 is 19.9 Å². The van der Waals surface area contributed by atoms with E-state index in [4.69, 9.17) is 4.98 Å². The maximum absolute atomic E-state index is 12.5. The molecule has 6 nitrogen and oxygen atoms in total. The van der Waals surface area contributed by atoms with Crippen molar-refractivity contribution in [2.45, 2.75) is 65.3 Å². The van der Waals surface area contributed by atoms with E-state index < -0.39 is 6.36 Å². The zero-order valence-electron chi connectivity index (χ0n) is 20.7. The Kier molecular flexibility index (Phi) is 6.12. The summed E-state index contributed by atoms with van der Waals surface area (Å²) in [6.07, 6.45) is 0.257. The molecule has 0 aliphatic heterocycles. The van der Waals surface area contributed by atoms with E-state index in [1.54, 1.807) is 12.1 Å². The van der Waals surface area contributed by atoms with Gasteiger partial charge in [0.25, 0.3) is 0 Å². The fourth-order valence-corrected chi connectivity index (χ4v) is 5.59. The Bertz CT molecular complexity index is 1260. The summed E-state index contributed by atoms with van der Waals surface area (Å²) in [5, 5.41) is 6.29. The van der Waals surface area contributed by atoms with Gasteiger partial charge >= 0.3 is 6.36 Å². The van der Waals surface area contributed by atoms with Crippen LogP contribution in [0.2, 0.25) is 0 Å². The predicted molar refractivity (Wildman–Crippen MR) is 133 cm³/mol. The topological polar surface area (TPSA) is 68.2 Å². The van der Waals surface area contributed by atoms with Gasteiger partial charge in [0.15, 0.2) is 0 Å². The lowest BCUT2D eigenvalue weighted by molar-refractivity contribution is -0.274. The Labute approximate surface area is 208 Å². The molecular weight excluding hydrogens is 469 g/mol. The summed E-state index contributed by atoms with van der Waals surface area (Å²) in [7, 11) is 0.